The molecule has 1 aliphatic heterocycles. The van der Waals surface area contributed by atoms with Crippen molar-refractivity contribution in [1.29, 1.82) is 0 Å². The van der Waals surface area contributed by atoms with Crippen molar-refractivity contribution in [1.82, 2.24) is 0 Å². The maximum atomic E-state index is 10.6. The van der Waals surface area contributed by atoms with E-state index in [1.165, 1.54) is 0 Å². The Balaban J connectivity index is 2.21. The van der Waals surface area contributed by atoms with Crippen molar-refractivity contribution in [3.05, 3.63) is 35.4 Å². The number of hydrogen-bond donors (Lipinski definition) is 1. The highest BCUT2D eigenvalue weighted by atomic mass is 16.6. The molecule has 1 aromatic rings. The van der Waals surface area contributed by atoms with Crippen LogP contribution in [0, 0.1) is 0 Å². The van der Waals surface area contributed by atoms with Crippen LogP contribution in [0.15, 0.2) is 29.4 Å². The van der Waals surface area contributed by atoms with Crippen molar-refractivity contribution >= 4 is 11.7 Å². The summed E-state index contributed by atoms with van der Waals surface area (Å²) in [6, 6.07) is 6.65. The molecule has 0 saturated heterocycles. The largest absolute Gasteiger partial charge is 0.478 e. The summed E-state index contributed by atoms with van der Waals surface area (Å²) in [4.78, 5) is 15.7. The van der Waals surface area contributed by atoms with Gasteiger partial charge >= 0.3 is 5.97 Å². The summed E-state index contributed by atoms with van der Waals surface area (Å²) in [6.45, 7) is 1.95. The number of carboxylic acids is 1. The van der Waals surface area contributed by atoms with E-state index in [2.05, 4.69) is 5.16 Å². The van der Waals surface area contributed by atoms with Crippen molar-refractivity contribution in [2.24, 2.45) is 5.16 Å². The van der Waals surface area contributed by atoms with Crippen molar-refractivity contribution in [2.75, 3.05) is 0 Å². The van der Waals surface area contributed by atoms with E-state index in [0.717, 1.165) is 17.7 Å². The summed E-state index contributed by atoms with van der Waals surface area (Å²) in [5.41, 5.74) is 2.08. The highest BCUT2D eigenvalue weighted by Crippen LogP contribution is 2.16. The van der Waals surface area contributed by atoms with Gasteiger partial charge in [0.1, 0.15) is 6.10 Å². The molecule has 1 aliphatic rings. The number of hydrogen-bond acceptors (Lipinski definition) is 3. The molecule has 4 heteroatoms. The van der Waals surface area contributed by atoms with Crippen LogP contribution in [0.25, 0.3) is 0 Å². The smallest absolute Gasteiger partial charge is 0.335 e. The molecule has 0 aromatic heterocycles. The average molecular weight is 205 g/mol. The Morgan fingerprint density at radius 1 is 1.47 bits per heavy atom. The number of benzene rings is 1. The Bertz CT molecular complexity index is 408. The molecule has 1 unspecified atom stereocenters. The number of nitrogens with zero attached hydrogens (tertiary/aromatic N) is 1. The zero-order chi connectivity index (χ0) is 10.8. The lowest BCUT2D eigenvalue weighted by atomic mass is 10.0. The van der Waals surface area contributed by atoms with Crippen LogP contribution >= 0.6 is 0 Å². The van der Waals surface area contributed by atoms with Crippen LogP contribution in [0.3, 0.4) is 0 Å². The molecule has 0 saturated carbocycles. The minimum Gasteiger partial charge on any atom is -0.478 e. The van der Waals surface area contributed by atoms with Gasteiger partial charge < -0.3 is 9.94 Å². The fourth-order valence-electron chi connectivity index (χ4n) is 1.48. The van der Waals surface area contributed by atoms with Gasteiger partial charge in [-0.2, -0.15) is 0 Å². The normalized spacial score (nSPS) is 19.5. The lowest BCUT2D eigenvalue weighted by Gasteiger charge is -1.99. The molecular weight excluding hydrogens is 194 g/mol. The second kappa shape index (κ2) is 3.73. The molecule has 0 spiro atoms. The molecule has 0 amide bonds. The van der Waals surface area contributed by atoms with Gasteiger partial charge in [-0.1, -0.05) is 17.3 Å². The van der Waals surface area contributed by atoms with Crippen LogP contribution in [-0.2, 0) is 4.84 Å². The van der Waals surface area contributed by atoms with Crippen LogP contribution in [0.1, 0.15) is 29.3 Å². The summed E-state index contributed by atoms with van der Waals surface area (Å²) < 4.78 is 0. The minimum atomic E-state index is -0.917. The van der Waals surface area contributed by atoms with E-state index in [9.17, 15) is 4.79 Å². The van der Waals surface area contributed by atoms with Crippen molar-refractivity contribution in [2.45, 2.75) is 19.4 Å². The average Bonchev–Trinajstić information content (AvgIpc) is 2.65. The van der Waals surface area contributed by atoms with Crippen LogP contribution in [-0.4, -0.2) is 22.9 Å². The van der Waals surface area contributed by atoms with Crippen molar-refractivity contribution in [3.63, 3.8) is 0 Å². The molecular formula is C11H11NO3. The zero-order valence-corrected chi connectivity index (χ0v) is 8.30. The highest BCUT2D eigenvalue weighted by Gasteiger charge is 2.17. The molecule has 0 fully saturated rings. The molecule has 0 bridgehead atoms. The van der Waals surface area contributed by atoms with Crippen molar-refractivity contribution < 1.29 is 14.7 Å². The first-order valence-corrected chi connectivity index (χ1v) is 4.73. The van der Waals surface area contributed by atoms with Gasteiger partial charge in [-0.15, -0.1) is 0 Å². The molecule has 1 N–H and O–H groups in total. The summed E-state index contributed by atoms with van der Waals surface area (Å²) in [7, 11) is 0. The predicted molar refractivity (Wildman–Crippen MR) is 55.1 cm³/mol. The summed E-state index contributed by atoms with van der Waals surface area (Å²) in [6.07, 6.45) is 0.881. The fourth-order valence-corrected chi connectivity index (χ4v) is 1.48. The second-order valence-corrected chi connectivity index (χ2v) is 3.54. The molecule has 1 aromatic carbocycles. The Morgan fingerprint density at radius 3 is 2.60 bits per heavy atom. The van der Waals surface area contributed by atoms with Gasteiger partial charge in [0.2, 0.25) is 0 Å². The zero-order valence-electron chi connectivity index (χ0n) is 8.30. The number of rotatable bonds is 2. The number of oxime groups is 1. The Hall–Kier alpha value is -1.84. The van der Waals surface area contributed by atoms with Gasteiger partial charge in [0.05, 0.1) is 11.3 Å². The first-order valence-electron chi connectivity index (χ1n) is 4.73. The first-order chi connectivity index (χ1) is 7.16. The topological polar surface area (TPSA) is 58.9 Å². The molecule has 4 nitrogen and oxygen atoms in total. The van der Waals surface area contributed by atoms with E-state index < -0.39 is 5.97 Å². The monoisotopic (exact) mass is 205 g/mol. The minimum absolute atomic E-state index is 0.110. The van der Waals surface area contributed by atoms with E-state index in [1.807, 2.05) is 6.92 Å². The first kappa shape index (κ1) is 9.71. The maximum absolute atomic E-state index is 10.6. The van der Waals surface area contributed by atoms with E-state index in [0.29, 0.717) is 0 Å². The summed E-state index contributed by atoms with van der Waals surface area (Å²) >= 11 is 0. The molecule has 1 heterocycles. The van der Waals surface area contributed by atoms with Crippen LogP contribution in [0.2, 0.25) is 0 Å². The van der Waals surface area contributed by atoms with E-state index >= 15 is 0 Å². The second-order valence-electron chi connectivity index (χ2n) is 3.54. The Labute approximate surface area is 87.2 Å². The number of carbonyl (C=O) groups is 1. The summed E-state index contributed by atoms with van der Waals surface area (Å²) in [5.74, 6) is -0.917. The molecule has 2 rings (SSSR count). The summed E-state index contributed by atoms with van der Waals surface area (Å²) in [5, 5.41) is 12.7. The maximum Gasteiger partial charge on any atom is 0.335 e. The third kappa shape index (κ3) is 1.98. The highest BCUT2D eigenvalue weighted by molar-refractivity contribution is 6.01. The molecule has 0 radical (unpaired) electrons. The van der Waals surface area contributed by atoms with Gasteiger partial charge in [0, 0.05) is 6.42 Å². The Kier molecular flexibility index (Phi) is 2.41. The number of carboxylic acid groups (broad SMARTS) is 1. The van der Waals surface area contributed by atoms with Crippen LogP contribution in [0.4, 0.5) is 0 Å². The number of aromatic carboxylic acids is 1. The predicted octanol–water partition coefficient (Wildman–Crippen LogP) is 1.90. The van der Waals surface area contributed by atoms with Crippen molar-refractivity contribution in [3.8, 4) is 0 Å². The third-order valence-electron chi connectivity index (χ3n) is 2.29. The molecule has 0 aliphatic carbocycles. The fraction of sp³-hybridized carbons (Fsp3) is 0.273. The lowest BCUT2D eigenvalue weighted by Crippen LogP contribution is -2.04. The van der Waals surface area contributed by atoms with Gasteiger partial charge in [0.25, 0.3) is 0 Å². The van der Waals surface area contributed by atoms with Gasteiger partial charge in [-0.25, -0.2) is 4.79 Å². The third-order valence-corrected chi connectivity index (χ3v) is 2.29. The van der Waals surface area contributed by atoms with Crippen LogP contribution in [0.5, 0.6) is 0 Å². The Morgan fingerprint density at radius 2 is 2.13 bits per heavy atom. The lowest BCUT2D eigenvalue weighted by molar-refractivity contribution is 0.0697. The van der Waals surface area contributed by atoms with Gasteiger partial charge in [-0.05, 0) is 24.6 Å². The standard InChI is InChI=1S/C11H11NO3/c1-7-6-10(12-15-7)8-2-4-9(5-3-8)11(13)14/h2-5,7H,6H2,1H3,(H,13,14). The van der Waals surface area contributed by atoms with E-state index in [-0.39, 0.29) is 11.7 Å². The van der Waals surface area contributed by atoms with Gasteiger partial charge in [0.15, 0.2) is 0 Å². The molecule has 78 valence electrons. The SMILES string of the molecule is CC1CC(c2ccc(C(=O)O)cc2)=NO1. The van der Waals surface area contributed by atoms with Gasteiger partial charge in [-0.3, -0.25) is 0 Å². The molecule has 1 atom stereocenters. The van der Waals surface area contributed by atoms with E-state index in [1.54, 1.807) is 24.3 Å². The molecule has 15 heavy (non-hydrogen) atoms. The van der Waals surface area contributed by atoms with Crippen LogP contribution < -0.4 is 0 Å². The van der Waals surface area contributed by atoms with E-state index in [4.69, 9.17) is 9.94 Å². The quantitative estimate of drug-likeness (QED) is 0.802.